The van der Waals surface area contributed by atoms with Crippen molar-refractivity contribution in [1.29, 1.82) is 0 Å². The van der Waals surface area contributed by atoms with Crippen LogP contribution in [0.1, 0.15) is 11.1 Å². The van der Waals surface area contributed by atoms with E-state index in [1.165, 1.54) is 5.56 Å². The van der Waals surface area contributed by atoms with Crippen molar-refractivity contribution in [2.45, 2.75) is 12.8 Å². The van der Waals surface area contributed by atoms with Crippen LogP contribution in [-0.2, 0) is 12.8 Å². The van der Waals surface area contributed by atoms with Crippen LogP contribution in [0.2, 0.25) is 5.02 Å². The van der Waals surface area contributed by atoms with E-state index in [0.717, 1.165) is 33.6 Å². The monoisotopic (exact) mass is 368 g/mol. The van der Waals surface area contributed by atoms with Crippen molar-refractivity contribution in [3.63, 3.8) is 0 Å². The maximum absolute atomic E-state index is 9.62. The number of benzene rings is 2. The third-order valence-electron chi connectivity index (χ3n) is 3.47. The normalized spacial score (nSPS) is 12.2. The molecule has 0 fully saturated rings. The van der Waals surface area contributed by atoms with E-state index in [4.69, 9.17) is 16.3 Å². The Morgan fingerprint density at radius 1 is 1.14 bits per heavy atom. The van der Waals surface area contributed by atoms with Gasteiger partial charge in [-0.15, -0.1) is 0 Å². The molecule has 2 aromatic rings. The first-order valence-electron chi connectivity index (χ1n) is 6.80. The van der Waals surface area contributed by atoms with Gasteiger partial charge < -0.3 is 9.84 Å². The lowest BCUT2D eigenvalue weighted by molar-refractivity contribution is 0.225. The summed E-state index contributed by atoms with van der Waals surface area (Å²) in [6, 6.07) is 13.8. The lowest BCUT2D eigenvalue weighted by atomic mass is 9.93. The van der Waals surface area contributed by atoms with Gasteiger partial charge in [0.1, 0.15) is 5.75 Å². The van der Waals surface area contributed by atoms with Gasteiger partial charge in [-0.1, -0.05) is 45.7 Å². The summed E-state index contributed by atoms with van der Waals surface area (Å²) in [5.41, 5.74) is 2.25. The molecule has 0 heterocycles. The van der Waals surface area contributed by atoms with Gasteiger partial charge in [0.15, 0.2) is 0 Å². The number of rotatable bonds is 6. The van der Waals surface area contributed by atoms with Crippen LogP contribution in [0.15, 0.2) is 46.9 Å². The number of halogens is 2. The minimum absolute atomic E-state index is 0.137. The second kappa shape index (κ2) is 7.83. The van der Waals surface area contributed by atoms with E-state index in [2.05, 4.69) is 15.9 Å². The fourth-order valence-corrected chi connectivity index (χ4v) is 3.05. The van der Waals surface area contributed by atoms with Gasteiger partial charge >= 0.3 is 0 Å². The van der Waals surface area contributed by atoms with Crippen LogP contribution in [0.25, 0.3) is 0 Å². The predicted octanol–water partition coefficient (Wildman–Crippen LogP) is 4.50. The Morgan fingerprint density at radius 3 is 2.43 bits per heavy atom. The quantitative estimate of drug-likeness (QED) is 0.812. The van der Waals surface area contributed by atoms with Gasteiger partial charge in [0.25, 0.3) is 0 Å². The highest BCUT2D eigenvalue weighted by Gasteiger charge is 2.12. The zero-order chi connectivity index (χ0) is 15.2. The number of aliphatic hydroxyl groups is 1. The summed E-state index contributed by atoms with van der Waals surface area (Å²) in [5, 5.41) is 10.4. The molecule has 0 aromatic heterocycles. The molecule has 2 nitrogen and oxygen atoms in total. The van der Waals surface area contributed by atoms with E-state index in [1.807, 2.05) is 42.5 Å². The zero-order valence-electron chi connectivity index (χ0n) is 11.9. The Hall–Kier alpha value is -1.03. The standard InChI is InChI=1S/C17H18BrClO2/c1-21-16-6-2-12(3-7-16)8-13(11-20)9-14-4-5-15(18)10-17(14)19/h2-7,10,13,20H,8-9,11H2,1H3. The van der Waals surface area contributed by atoms with Crippen LogP contribution in [-0.4, -0.2) is 18.8 Å². The van der Waals surface area contributed by atoms with E-state index in [1.54, 1.807) is 7.11 Å². The van der Waals surface area contributed by atoms with Crippen molar-refractivity contribution in [3.8, 4) is 5.75 Å². The average molecular weight is 370 g/mol. The number of aliphatic hydroxyl groups excluding tert-OH is 1. The van der Waals surface area contributed by atoms with Crippen molar-refractivity contribution < 1.29 is 9.84 Å². The Labute approximate surface area is 138 Å². The summed E-state index contributed by atoms with van der Waals surface area (Å²) in [6.07, 6.45) is 1.57. The molecular formula is C17H18BrClO2. The Bertz CT molecular complexity index is 584. The summed E-state index contributed by atoms with van der Waals surface area (Å²) in [5.74, 6) is 0.993. The molecule has 2 rings (SSSR count). The second-order valence-electron chi connectivity index (χ2n) is 5.04. The molecule has 0 saturated carbocycles. The molecule has 112 valence electrons. The first kappa shape index (κ1) is 16.3. The largest absolute Gasteiger partial charge is 0.497 e. The van der Waals surface area contributed by atoms with Crippen LogP contribution >= 0.6 is 27.5 Å². The number of hydrogen-bond acceptors (Lipinski definition) is 2. The van der Waals surface area contributed by atoms with Crippen LogP contribution < -0.4 is 4.74 Å². The molecular weight excluding hydrogens is 352 g/mol. The highest BCUT2D eigenvalue weighted by atomic mass is 79.9. The SMILES string of the molecule is COc1ccc(CC(CO)Cc2ccc(Br)cc2Cl)cc1. The molecule has 21 heavy (non-hydrogen) atoms. The Kier molecular flexibility index (Phi) is 6.09. The molecule has 4 heteroatoms. The summed E-state index contributed by atoms with van der Waals surface area (Å²) in [7, 11) is 1.65. The lowest BCUT2D eigenvalue weighted by Crippen LogP contribution is -2.13. The van der Waals surface area contributed by atoms with Gasteiger partial charge in [-0.25, -0.2) is 0 Å². The Balaban J connectivity index is 2.05. The van der Waals surface area contributed by atoms with Crippen LogP contribution in [0.3, 0.4) is 0 Å². The number of methoxy groups -OCH3 is 1. The predicted molar refractivity (Wildman–Crippen MR) is 90.1 cm³/mol. The average Bonchev–Trinajstić information content (AvgIpc) is 2.49. The molecule has 0 aliphatic rings. The maximum atomic E-state index is 9.62. The first-order chi connectivity index (χ1) is 10.1. The van der Waals surface area contributed by atoms with E-state index < -0.39 is 0 Å². The third kappa shape index (κ3) is 4.73. The smallest absolute Gasteiger partial charge is 0.118 e. The first-order valence-corrected chi connectivity index (χ1v) is 7.97. The second-order valence-corrected chi connectivity index (χ2v) is 6.36. The molecule has 0 spiro atoms. The van der Waals surface area contributed by atoms with Crippen LogP contribution in [0.5, 0.6) is 5.75 Å². The van der Waals surface area contributed by atoms with Gasteiger partial charge in [0, 0.05) is 16.1 Å². The molecule has 0 aliphatic carbocycles. The van der Waals surface area contributed by atoms with Gasteiger partial charge in [-0.2, -0.15) is 0 Å². The van der Waals surface area contributed by atoms with Gasteiger partial charge in [0.2, 0.25) is 0 Å². The topological polar surface area (TPSA) is 29.5 Å². The van der Waals surface area contributed by atoms with E-state index in [0.29, 0.717) is 0 Å². The molecule has 1 unspecified atom stereocenters. The molecule has 0 radical (unpaired) electrons. The van der Waals surface area contributed by atoms with Crippen molar-refractivity contribution in [1.82, 2.24) is 0 Å². The molecule has 1 N–H and O–H groups in total. The van der Waals surface area contributed by atoms with E-state index >= 15 is 0 Å². The summed E-state index contributed by atoms with van der Waals surface area (Å²) >= 11 is 9.65. The fourth-order valence-electron chi connectivity index (χ4n) is 2.29. The van der Waals surface area contributed by atoms with Crippen molar-refractivity contribution in [2.24, 2.45) is 5.92 Å². The molecule has 0 aliphatic heterocycles. The van der Waals surface area contributed by atoms with Crippen molar-refractivity contribution in [2.75, 3.05) is 13.7 Å². The van der Waals surface area contributed by atoms with Crippen molar-refractivity contribution >= 4 is 27.5 Å². The van der Waals surface area contributed by atoms with Gasteiger partial charge in [-0.05, 0) is 54.2 Å². The van der Waals surface area contributed by atoms with Crippen LogP contribution in [0.4, 0.5) is 0 Å². The highest BCUT2D eigenvalue weighted by Crippen LogP contribution is 2.25. The third-order valence-corrected chi connectivity index (χ3v) is 4.31. The summed E-state index contributed by atoms with van der Waals surface area (Å²) in [4.78, 5) is 0. The zero-order valence-corrected chi connectivity index (χ0v) is 14.2. The lowest BCUT2D eigenvalue weighted by Gasteiger charge is -2.15. The van der Waals surface area contributed by atoms with E-state index in [9.17, 15) is 5.11 Å². The fraction of sp³-hybridized carbons (Fsp3) is 0.294. The highest BCUT2D eigenvalue weighted by molar-refractivity contribution is 9.10. The molecule has 2 aromatic carbocycles. The minimum Gasteiger partial charge on any atom is -0.497 e. The molecule has 0 bridgehead atoms. The van der Waals surface area contributed by atoms with Crippen molar-refractivity contribution in [3.05, 3.63) is 63.1 Å². The molecule has 0 saturated heterocycles. The molecule has 0 amide bonds. The Morgan fingerprint density at radius 2 is 1.86 bits per heavy atom. The van der Waals surface area contributed by atoms with Crippen LogP contribution in [0, 0.1) is 5.92 Å². The summed E-state index contributed by atoms with van der Waals surface area (Å²) in [6.45, 7) is 0.137. The minimum atomic E-state index is 0.137. The summed E-state index contributed by atoms with van der Waals surface area (Å²) < 4.78 is 6.12. The number of ether oxygens (including phenoxy) is 1. The van der Waals surface area contributed by atoms with Gasteiger partial charge in [0.05, 0.1) is 7.11 Å². The molecule has 1 atom stereocenters. The van der Waals surface area contributed by atoms with E-state index in [-0.39, 0.29) is 12.5 Å². The number of hydrogen-bond donors (Lipinski definition) is 1. The maximum Gasteiger partial charge on any atom is 0.118 e. The van der Waals surface area contributed by atoms with Gasteiger partial charge in [-0.3, -0.25) is 0 Å².